The summed E-state index contributed by atoms with van der Waals surface area (Å²) in [5.74, 6) is 0.323. The molecule has 6 nitrogen and oxygen atoms in total. The lowest BCUT2D eigenvalue weighted by molar-refractivity contribution is 0.665. The summed E-state index contributed by atoms with van der Waals surface area (Å²) in [4.78, 5) is 15.5. The molecule has 99 heavy (non-hydrogen) atoms. The Labute approximate surface area is 582 Å². The molecule has 0 atom stereocenters. The first kappa shape index (κ1) is 58.6. The van der Waals surface area contributed by atoms with Crippen molar-refractivity contribution < 1.29 is 0 Å². The second kappa shape index (κ2) is 22.4. The normalized spacial score (nSPS) is 15.2. The smallest absolute Gasteiger partial charge is 0.248 e. The van der Waals surface area contributed by atoms with Crippen molar-refractivity contribution >= 4 is 138 Å². The zero-order valence-corrected chi connectivity index (χ0v) is 56.5. The number of allylic oxidation sites excluding steroid dienone is 2. The van der Waals surface area contributed by atoms with Crippen molar-refractivity contribution in [3.8, 4) is 0 Å². The Morgan fingerprint density at radius 3 is 0.970 bits per heavy atom. The van der Waals surface area contributed by atoms with Gasteiger partial charge in [0.2, 0.25) is 13.4 Å². The third-order valence-corrected chi connectivity index (χ3v) is 22.1. The van der Waals surface area contributed by atoms with Crippen molar-refractivity contribution in [1.29, 1.82) is 0 Å². The first-order chi connectivity index (χ1) is 48.5. The zero-order valence-electron chi connectivity index (χ0n) is 56.5. The van der Waals surface area contributed by atoms with Gasteiger partial charge < -0.3 is 29.4 Å². The van der Waals surface area contributed by atoms with E-state index in [4.69, 9.17) is 0 Å². The van der Waals surface area contributed by atoms with Gasteiger partial charge in [0, 0.05) is 113 Å². The van der Waals surface area contributed by atoms with Gasteiger partial charge in [0.15, 0.2) is 0 Å². The SMILES string of the molecule is CC(C)c1ccc2c(c1)C1=C(B3c4cc5c(cc4N(c4ccccc4)c4cc(N(c6ccccc6)c6ccccc6)cc(c43)N1c1ccccc1)N(c1ccccc1)c1cc(N(c3ccccc3)c3ccccc3)cc3c1B5C1=C(c4ccccc4C1(C)C)N3c1ccccc1)C2(C)C. The number of nitrogens with zero attached hydrogens (tertiary/aromatic N) is 6. The third kappa shape index (κ3) is 8.77. The van der Waals surface area contributed by atoms with E-state index >= 15 is 0 Å². The standard InChI is InChI=1S/C91H72B2N6/c1-60(2)61-51-52-75-73(53-61)87-89(91(75,5)6)93-77-58-76-78(59-79(77)97(67-43-25-12-26-44-67)81-55-71(57-83(85(81)93)99(87)69-47-29-14-30-48-69)95(64-37-19-9-20-38-64)65-39-21-10-22-40-65)96(66-41-23-11-24-42-66)80-54-70(94(62-33-15-7-16-34-62)63-35-17-8-18-36-63)56-82-84(80)92(76)88-86(98(82)68-45-27-13-28-46-68)72-49-31-32-50-74(72)90(88,3)4/h7-60H,1-6H3. The predicted octanol–water partition coefficient (Wildman–Crippen LogP) is 21.3. The van der Waals surface area contributed by atoms with Crippen molar-refractivity contribution in [3.63, 3.8) is 0 Å². The number of hydrogen-bond donors (Lipinski definition) is 0. The summed E-state index contributed by atoms with van der Waals surface area (Å²) in [5, 5.41) is 0. The molecule has 0 amide bonds. The summed E-state index contributed by atoms with van der Waals surface area (Å²) in [6.45, 7) is 14.3. The van der Waals surface area contributed by atoms with Gasteiger partial charge in [0.25, 0.3) is 0 Å². The summed E-state index contributed by atoms with van der Waals surface area (Å²) in [6.07, 6.45) is 0. The molecule has 0 aromatic heterocycles. The summed E-state index contributed by atoms with van der Waals surface area (Å²) < 4.78 is 0. The fourth-order valence-corrected chi connectivity index (χ4v) is 17.8. The Hall–Kier alpha value is -11.7. The summed E-state index contributed by atoms with van der Waals surface area (Å²) in [7, 11) is 0. The molecule has 0 bridgehead atoms. The molecule has 13 aromatic rings. The van der Waals surface area contributed by atoms with Gasteiger partial charge in [0.05, 0.1) is 11.4 Å². The second-order valence-corrected chi connectivity index (χ2v) is 28.6. The Bertz CT molecular complexity index is 5350. The highest BCUT2D eigenvalue weighted by atomic mass is 15.2. The lowest BCUT2D eigenvalue weighted by Crippen LogP contribution is -2.61. The number of anilines is 16. The molecule has 13 aromatic carbocycles. The Morgan fingerprint density at radius 2 is 0.596 bits per heavy atom. The lowest BCUT2D eigenvalue weighted by Gasteiger charge is -2.49. The highest BCUT2D eigenvalue weighted by Gasteiger charge is 2.57. The van der Waals surface area contributed by atoms with E-state index in [2.05, 4.69) is 392 Å². The Morgan fingerprint density at radius 1 is 0.283 bits per heavy atom. The predicted molar refractivity (Wildman–Crippen MR) is 419 cm³/mol. The van der Waals surface area contributed by atoms with E-state index in [1.807, 2.05) is 0 Å². The van der Waals surface area contributed by atoms with Gasteiger partial charge >= 0.3 is 0 Å². The first-order valence-corrected chi connectivity index (χ1v) is 35.0. The molecule has 0 saturated heterocycles. The molecule has 4 aliphatic heterocycles. The van der Waals surface area contributed by atoms with Gasteiger partial charge in [-0.2, -0.15) is 0 Å². The van der Waals surface area contributed by atoms with Crippen LogP contribution in [-0.4, -0.2) is 13.4 Å². The minimum absolute atomic E-state index is 0.192. The van der Waals surface area contributed by atoms with Crippen LogP contribution >= 0.6 is 0 Å². The maximum Gasteiger partial charge on any atom is 0.248 e. The molecule has 8 heteroatoms. The maximum atomic E-state index is 2.73. The lowest BCUT2D eigenvalue weighted by atomic mass is 9.27. The van der Waals surface area contributed by atoms with Crippen LogP contribution in [-0.2, 0) is 10.8 Å². The van der Waals surface area contributed by atoms with Crippen LogP contribution in [0.1, 0.15) is 75.3 Å². The maximum absolute atomic E-state index is 2.73. The topological polar surface area (TPSA) is 19.4 Å². The average molecular weight is 1270 g/mol. The molecule has 6 aliphatic rings. The van der Waals surface area contributed by atoms with Crippen molar-refractivity contribution in [2.45, 2.75) is 58.3 Å². The minimum atomic E-state index is -0.421. The molecule has 0 spiro atoms. The quantitative estimate of drug-likeness (QED) is 0.119. The average Bonchev–Trinajstić information content (AvgIpc) is 1.64. The van der Waals surface area contributed by atoms with Gasteiger partial charge in [-0.25, -0.2) is 0 Å². The van der Waals surface area contributed by atoms with Crippen LogP contribution in [0.15, 0.2) is 332 Å². The van der Waals surface area contributed by atoms with Gasteiger partial charge in [0.1, 0.15) is 0 Å². The highest BCUT2D eigenvalue weighted by Crippen LogP contribution is 2.61. The van der Waals surface area contributed by atoms with E-state index in [0.717, 1.165) is 85.3 Å². The van der Waals surface area contributed by atoms with Crippen molar-refractivity contribution in [2.24, 2.45) is 0 Å². The first-order valence-electron chi connectivity index (χ1n) is 35.0. The minimum Gasteiger partial charge on any atom is -0.311 e. The number of hydrogen-bond acceptors (Lipinski definition) is 6. The number of para-hydroxylation sites is 8. The van der Waals surface area contributed by atoms with Crippen LogP contribution in [0.3, 0.4) is 0 Å². The molecule has 19 rings (SSSR count). The van der Waals surface area contributed by atoms with Crippen LogP contribution < -0.4 is 51.3 Å². The van der Waals surface area contributed by atoms with E-state index in [0.29, 0.717) is 5.92 Å². The summed E-state index contributed by atoms with van der Waals surface area (Å²) in [5.41, 5.74) is 34.1. The van der Waals surface area contributed by atoms with E-state index in [-0.39, 0.29) is 13.4 Å². The molecule has 2 aliphatic carbocycles. The Balaban J connectivity index is 0.980. The molecule has 4 heterocycles. The van der Waals surface area contributed by atoms with Crippen LogP contribution in [0.25, 0.3) is 11.4 Å². The zero-order chi connectivity index (χ0) is 66.4. The van der Waals surface area contributed by atoms with E-state index < -0.39 is 10.8 Å². The number of rotatable bonds is 11. The fraction of sp³-hybridized carbons (Fsp3) is 0.0989. The van der Waals surface area contributed by atoms with Crippen LogP contribution in [0, 0.1) is 0 Å². The third-order valence-electron chi connectivity index (χ3n) is 22.1. The summed E-state index contributed by atoms with van der Waals surface area (Å²) in [6, 6.07) is 121. The molecule has 0 unspecified atom stereocenters. The van der Waals surface area contributed by atoms with E-state index in [1.165, 1.54) is 77.7 Å². The summed E-state index contributed by atoms with van der Waals surface area (Å²) >= 11 is 0. The molecule has 472 valence electrons. The van der Waals surface area contributed by atoms with Crippen LogP contribution in [0.4, 0.5) is 91.0 Å². The Kier molecular flexibility index (Phi) is 13.3. The molecular weight excluding hydrogens is 1200 g/mol. The second-order valence-electron chi connectivity index (χ2n) is 28.6. The number of benzene rings is 13. The van der Waals surface area contributed by atoms with Gasteiger partial charge in [-0.1, -0.05) is 241 Å². The van der Waals surface area contributed by atoms with Crippen LogP contribution in [0.5, 0.6) is 0 Å². The van der Waals surface area contributed by atoms with Crippen molar-refractivity contribution in [3.05, 3.63) is 360 Å². The molecule has 0 fully saturated rings. The largest absolute Gasteiger partial charge is 0.311 e. The molecular formula is C91H72B2N6. The monoisotopic (exact) mass is 1270 g/mol. The van der Waals surface area contributed by atoms with E-state index in [9.17, 15) is 0 Å². The van der Waals surface area contributed by atoms with Gasteiger partial charge in [-0.05, 0) is 178 Å². The van der Waals surface area contributed by atoms with Crippen LogP contribution in [0.2, 0.25) is 0 Å². The molecule has 0 saturated carbocycles. The van der Waals surface area contributed by atoms with E-state index in [1.54, 1.807) is 0 Å². The van der Waals surface area contributed by atoms with Gasteiger partial charge in [-0.15, -0.1) is 0 Å². The van der Waals surface area contributed by atoms with Gasteiger partial charge in [-0.3, -0.25) is 0 Å². The molecule has 0 radical (unpaired) electrons. The molecule has 0 N–H and O–H groups in total. The fourth-order valence-electron chi connectivity index (χ4n) is 17.8. The van der Waals surface area contributed by atoms with Crippen molar-refractivity contribution in [2.75, 3.05) is 29.4 Å². The number of fused-ring (bicyclic) bond motifs is 10. The van der Waals surface area contributed by atoms with Crippen molar-refractivity contribution in [1.82, 2.24) is 0 Å². The highest BCUT2D eigenvalue weighted by molar-refractivity contribution is 6.99.